The molecule has 0 N–H and O–H groups in total. The standard InChI is InChI=1S/C85H71BN2/c1-82(2,3)61-44-60(45-62(49-61)83(4,5)6)57-41-42-74-77(48-57)88(76-40-26-22-33-65(76)56-31-17-12-18-32-56)80-51-63(84(7,8)9)50-79-81(80)86(74)75-53-73-69(68-36-21-25-39-72(68)85(73)70-37-23-19-34-66(70)67-35-20-24-38-71(67)85)52-78(75)87(79)64-46-58(54-27-13-10-14-28-54)43-59(47-64)55-29-15-11-16-30-55/h10-53H,1-9H3. The first kappa shape index (κ1) is 53.8. The van der Waals surface area contributed by atoms with Crippen LogP contribution in [-0.4, -0.2) is 6.71 Å². The minimum Gasteiger partial charge on any atom is -0.311 e. The van der Waals surface area contributed by atoms with E-state index in [1.165, 1.54) is 145 Å². The third kappa shape index (κ3) is 8.23. The Morgan fingerprint density at radius 2 is 0.693 bits per heavy atom. The van der Waals surface area contributed by atoms with Crippen molar-refractivity contribution in [2.24, 2.45) is 0 Å². The van der Waals surface area contributed by atoms with Gasteiger partial charge >= 0.3 is 0 Å². The van der Waals surface area contributed by atoms with Gasteiger partial charge in [-0.2, -0.15) is 0 Å². The fourth-order valence-corrected chi connectivity index (χ4v) is 15.3. The van der Waals surface area contributed by atoms with Gasteiger partial charge in [-0.15, -0.1) is 0 Å². The number of rotatable bonds is 6. The van der Waals surface area contributed by atoms with Gasteiger partial charge in [0.15, 0.2) is 0 Å². The molecule has 88 heavy (non-hydrogen) atoms. The molecule has 2 aliphatic carbocycles. The molecule has 0 amide bonds. The number of hydrogen-bond donors (Lipinski definition) is 0. The Labute approximate surface area is 520 Å². The van der Waals surface area contributed by atoms with E-state index >= 15 is 0 Å². The van der Waals surface area contributed by atoms with Gasteiger partial charge in [0, 0.05) is 34.0 Å². The van der Waals surface area contributed by atoms with Crippen LogP contribution in [0.3, 0.4) is 0 Å². The summed E-state index contributed by atoms with van der Waals surface area (Å²) in [7, 11) is 0. The van der Waals surface area contributed by atoms with Crippen molar-refractivity contribution in [1.29, 1.82) is 0 Å². The highest BCUT2D eigenvalue weighted by molar-refractivity contribution is 7.00. The summed E-state index contributed by atoms with van der Waals surface area (Å²) in [5.74, 6) is 0. The Hall–Kier alpha value is -9.70. The molecule has 2 nitrogen and oxygen atoms in total. The van der Waals surface area contributed by atoms with Crippen LogP contribution >= 0.6 is 0 Å². The number of hydrogen-bond acceptors (Lipinski definition) is 2. The average molecular weight is 1130 g/mol. The largest absolute Gasteiger partial charge is 0.311 e. The lowest BCUT2D eigenvalue weighted by molar-refractivity contribution is 0.569. The summed E-state index contributed by atoms with van der Waals surface area (Å²) in [5.41, 5.74) is 34.1. The summed E-state index contributed by atoms with van der Waals surface area (Å²) < 4.78 is 0. The second kappa shape index (κ2) is 19.7. The van der Waals surface area contributed by atoms with Gasteiger partial charge < -0.3 is 9.80 Å². The summed E-state index contributed by atoms with van der Waals surface area (Å²) in [5, 5.41) is 0. The second-order valence-electron chi connectivity index (χ2n) is 28.1. The second-order valence-corrected chi connectivity index (χ2v) is 28.1. The van der Waals surface area contributed by atoms with Gasteiger partial charge in [0.05, 0.1) is 11.1 Å². The fraction of sp³-hybridized carbons (Fsp3) is 0.153. The first-order valence-electron chi connectivity index (χ1n) is 31.5. The van der Waals surface area contributed by atoms with Gasteiger partial charge in [0.2, 0.25) is 0 Å². The van der Waals surface area contributed by atoms with Crippen LogP contribution in [0.1, 0.15) is 101 Å². The molecule has 0 saturated carbocycles. The van der Waals surface area contributed by atoms with Crippen LogP contribution in [0, 0.1) is 0 Å². The van der Waals surface area contributed by atoms with E-state index in [-0.39, 0.29) is 23.0 Å². The molecular formula is C85H71BN2. The molecule has 0 radical (unpaired) electrons. The summed E-state index contributed by atoms with van der Waals surface area (Å²) in [6.45, 7) is 21.1. The fourth-order valence-electron chi connectivity index (χ4n) is 15.3. The Morgan fingerprint density at radius 1 is 0.261 bits per heavy atom. The minimum absolute atomic E-state index is 0.0542. The molecule has 0 atom stereocenters. The number of benzene rings is 12. The van der Waals surface area contributed by atoms with E-state index in [0.717, 1.165) is 11.4 Å². The molecule has 12 aromatic carbocycles. The summed E-state index contributed by atoms with van der Waals surface area (Å²) >= 11 is 0. The zero-order valence-corrected chi connectivity index (χ0v) is 51.9. The Morgan fingerprint density at radius 3 is 1.23 bits per heavy atom. The first-order valence-corrected chi connectivity index (χ1v) is 31.5. The Bertz CT molecular complexity index is 4670. The smallest absolute Gasteiger partial charge is 0.252 e. The Kier molecular flexibility index (Phi) is 12.0. The van der Waals surface area contributed by atoms with Crippen molar-refractivity contribution in [2.45, 2.75) is 84.0 Å². The molecule has 2 aliphatic heterocycles. The van der Waals surface area contributed by atoms with Crippen LogP contribution in [-0.2, 0) is 21.7 Å². The summed E-state index contributed by atoms with van der Waals surface area (Å²) in [6.07, 6.45) is 0. The van der Waals surface area contributed by atoms with Gasteiger partial charge in [-0.25, -0.2) is 0 Å². The van der Waals surface area contributed by atoms with Crippen LogP contribution in [0.2, 0.25) is 0 Å². The van der Waals surface area contributed by atoms with E-state index in [1.54, 1.807) is 0 Å². The van der Waals surface area contributed by atoms with Crippen molar-refractivity contribution >= 4 is 57.2 Å². The van der Waals surface area contributed by atoms with Crippen molar-refractivity contribution in [3.63, 3.8) is 0 Å². The maximum Gasteiger partial charge on any atom is 0.252 e. The number of fused-ring (bicyclic) bond motifs is 14. The third-order valence-electron chi connectivity index (χ3n) is 19.7. The normalized spacial score (nSPS) is 14.0. The third-order valence-corrected chi connectivity index (χ3v) is 19.7. The molecule has 0 saturated heterocycles. The van der Waals surface area contributed by atoms with E-state index in [4.69, 9.17) is 0 Å². The van der Waals surface area contributed by atoms with Crippen molar-refractivity contribution in [2.75, 3.05) is 9.80 Å². The van der Waals surface area contributed by atoms with E-state index in [0.29, 0.717) is 0 Å². The van der Waals surface area contributed by atoms with Gasteiger partial charge in [0.25, 0.3) is 6.71 Å². The predicted molar refractivity (Wildman–Crippen MR) is 375 cm³/mol. The van der Waals surface area contributed by atoms with Gasteiger partial charge in [0.1, 0.15) is 0 Å². The minimum atomic E-state index is -0.545. The Balaban J connectivity index is 1.06. The maximum absolute atomic E-state index is 2.69. The quantitative estimate of drug-likeness (QED) is 0.153. The van der Waals surface area contributed by atoms with Gasteiger partial charge in [-0.1, -0.05) is 281 Å². The molecule has 16 rings (SSSR count). The van der Waals surface area contributed by atoms with Crippen molar-refractivity contribution in [3.05, 3.63) is 306 Å². The molecule has 0 fully saturated rings. The van der Waals surface area contributed by atoms with Crippen LogP contribution < -0.4 is 26.2 Å². The number of anilines is 6. The topological polar surface area (TPSA) is 6.48 Å². The lowest BCUT2D eigenvalue weighted by atomic mass is 9.33. The summed E-state index contributed by atoms with van der Waals surface area (Å²) in [4.78, 5) is 5.34. The lowest BCUT2D eigenvalue weighted by Gasteiger charge is -2.46. The average Bonchev–Trinajstić information content (AvgIpc) is 1.33. The number of nitrogens with zero attached hydrogens (tertiary/aromatic N) is 2. The molecule has 2 heterocycles. The van der Waals surface area contributed by atoms with E-state index in [9.17, 15) is 0 Å². The van der Waals surface area contributed by atoms with E-state index in [2.05, 4.69) is 339 Å². The monoisotopic (exact) mass is 1130 g/mol. The van der Waals surface area contributed by atoms with Crippen molar-refractivity contribution in [1.82, 2.24) is 0 Å². The van der Waals surface area contributed by atoms with Crippen LogP contribution in [0.5, 0.6) is 0 Å². The van der Waals surface area contributed by atoms with Crippen LogP contribution in [0.15, 0.2) is 267 Å². The molecule has 0 unspecified atom stereocenters. The SMILES string of the molecule is CC(C)(C)c1cc(-c2ccc3c(c2)N(c2ccccc2-c2ccccc2)c2cc(C(C)(C)C)cc4c2B3c2cc3c(cc2N4c2cc(-c4ccccc4)cc(-c4ccccc4)c2)-c2ccccc2C32c3ccccc3-c3ccccc32)cc(C(C)(C)C)c1. The molecule has 424 valence electrons. The molecular weight excluding hydrogens is 1060 g/mol. The van der Waals surface area contributed by atoms with Crippen LogP contribution in [0.25, 0.3) is 66.8 Å². The summed E-state index contributed by atoms with van der Waals surface area (Å²) in [6, 6.07) is 102. The van der Waals surface area contributed by atoms with E-state index in [1.807, 2.05) is 0 Å². The molecule has 12 aromatic rings. The predicted octanol–water partition coefficient (Wildman–Crippen LogP) is 20.7. The highest BCUT2D eigenvalue weighted by Crippen LogP contribution is 2.64. The van der Waals surface area contributed by atoms with Crippen molar-refractivity contribution < 1.29 is 0 Å². The molecule has 4 aliphatic rings. The van der Waals surface area contributed by atoms with Crippen molar-refractivity contribution in [3.8, 4) is 66.8 Å². The van der Waals surface area contributed by atoms with Crippen LogP contribution in [0.4, 0.5) is 34.1 Å². The lowest BCUT2D eigenvalue weighted by Crippen LogP contribution is -2.61. The molecule has 0 aromatic heterocycles. The zero-order valence-electron chi connectivity index (χ0n) is 51.9. The van der Waals surface area contributed by atoms with Gasteiger partial charge in [-0.05, 0) is 181 Å². The molecule has 3 heteroatoms. The number of para-hydroxylation sites is 1. The van der Waals surface area contributed by atoms with E-state index < -0.39 is 5.41 Å². The van der Waals surface area contributed by atoms with Gasteiger partial charge in [-0.3, -0.25) is 0 Å². The highest BCUT2D eigenvalue weighted by atomic mass is 15.2. The molecule has 0 bridgehead atoms. The zero-order chi connectivity index (χ0) is 60.0. The highest BCUT2D eigenvalue weighted by Gasteiger charge is 2.54. The molecule has 1 spiro atoms. The maximum atomic E-state index is 2.69. The first-order chi connectivity index (χ1) is 42.5.